The molecule has 0 saturated heterocycles. The van der Waals surface area contributed by atoms with E-state index < -0.39 is 0 Å². The molecule has 0 aliphatic heterocycles. The number of halogens is 4. The average Bonchev–Trinajstić information content (AvgIpc) is 2.62. The van der Waals surface area contributed by atoms with Gasteiger partial charge in [0.15, 0.2) is 0 Å². The Morgan fingerprint density at radius 2 is 2.06 bits per heavy atom. The summed E-state index contributed by atoms with van der Waals surface area (Å²) in [6.45, 7) is 0.645. The summed E-state index contributed by atoms with van der Waals surface area (Å²) in [7, 11) is 0. The summed E-state index contributed by atoms with van der Waals surface area (Å²) in [5, 5.41) is 5.59. The summed E-state index contributed by atoms with van der Waals surface area (Å²) in [6, 6.07) is 4.71. The molecule has 90 valence electrons. The molecule has 0 amide bonds. The van der Waals surface area contributed by atoms with Gasteiger partial charge in [-0.1, -0.05) is 11.6 Å². The summed E-state index contributed by atoms with van der Waals surface area (Å²) in [4.78, 5) is 0. The van der Waals surface area contributed by atoms with E-state index in [2.05, 4.69) is 37.2 Å². The van der Waals surface area contributed by atoms with Crippen LogP contribution < -0.4 is 5.32 Å². The second-order valence-electron chi connectivity index (χ2n) is 3.36. The minimum atomic E-state index is -0.356. The quantitative estimate of drug-likeness (QED) is 0.700. The van der Waals surface area contributed by atoms with Gasteiger partial charge in [0.1, 0.15) is 5.82 Å². The Kier molecular flexibility index (Phi) is 4.47. The lowest BCUT2D eigenvalue weighted by Gasteiger charge is -2.09. The summed E-state index contributed by atoms with van der Waals surface area (Å²) >= 11 is 14.3. The molecule has 0 aliphatic rings. The number of rotatable bonds is 3. The van der Waals surface area contributed by atoms with Crippen LogP contribution in [0.25, 0.3) is 0 Å². The first kappa shape index (κ1) is 13.3. The van der Waals surface area contributed by atoms with Gasteiger partial charge in [0.25, 0.3) is 0 Å². The molecule has 6 heteroatoms. The number of anilines is 1. The van der Waals surface area contributed by atoms with Crippen LogP contribution in [-0.4, -0.2) is 0 Å². The number of hydrogen-bond acceptors (Lipinski definition) is 2. The third-order valence-corrected chi connectivity index (χ3v) is 4.57. The molecule has 1 aromatic carbocycles. The Morgan fingerprint density at radius 1 is 1.29 bits per heavy atom. The van der Waals surface area contributed by atoms with E-state index in [1.165, 1.54) is 12.1 Å². The first-order valence-corrected chi connectivity index (χ1v) is 7.52. The zero-order valence-electron chi connectivity index (χ0n) is 8.44. The van der Waals surface area contributed by atoms with Crippen LogP contribution >= 0.6 is 54.8 Å². The van der Waals surface area contributed by atoms with E-state index in [0.29, 0.717) is 21.7 Å². The molecule has 1 heterocycles. The van der Waals surface area contributed by atoms with E-state index in [0.717, 1.165) is 9.35 Å². The lowest BCUT2D eigenvalue weighted by atomic mass is 10.3. The predicted molar refractivity (Wildman–Crippen MR) is 78.5 cm³/mol. The van der Waals surface area contributed by atoms with Gasteiger partial charge in [0.05, 0.1) is 14.5 Å². The van der Waals surface area contributed by atoms with Crippen molar-refractivity contribution in [1.82, 2.24) is 0 Å². The van der Waals surface area contributed by atoms with Crippen LogP contribution in [0, 0.1) is 5.82 Å². The van der Waals surface area contributed by atoms with Gasteiger partial charge in [-0.15, -0.1) is 11.3 Å². The molecular formula is C11H7Br2ClFNS. The van der Waals surface area contributed by atoms with Crippen LogP contribution in [0.5, 0.6) is 0 Å². The number of benzene rings is 1. The normalized spacial score (nSPS) is 10.6. The standard InChI is InChI=1S/C11H7Br2ClFNS/c12-8-2-7(15)3-9(14)11(8)16-4-6-1-10(13)17-5-6/h1-3,5,16H,4H2. The Balaban J connectivity index is 2.14. The third-order valence-electron chi connectivity index (χ3n) is 2.10. The second kappa shape index (κ2) is 5.69. The van der Waals surface area contributed by atoms with E-state index in [4.69, 9.17) is 11.6 Å². The molecule has 1 aromatic heterocycles. The fraction of sp³-hybridized carbons (Fsp3) is 0.0909. The third kappa shape index (κ3) is 3.44. The smallest absolute Gasteiger partial charge is 0.125 e. The Labute approximate surface area is 124 Å². The lowest BCUT2D eigenvalue weighted by molar-refractivity contribution is 0.627. The maximum atomic E-state index is 13.0. The summed E-state index contributed by atoms with van der Waals surface area (Å²) in [5.74, 6) is -0.356. The van der Waals surface area contributed by atoms with E-state index in [9.17, 15) is 4.39 Å². The van der Waals surface area contributed by atoms with Crippen molar-refractivity contribution in [3.63, 3.8) is 0 Å². The van der Waals surface area contributed by atoms with Gasteiger partial charge in [-0.2, -0.15) is 0 Å². The van der Waals surface area contributed by atoms with E-state index in [1.807, 2.05) is 11.4 Å². The van der Waals surface area contributed by atoms with Crippen molar-refractivity contribution in [3.05, 3.63) is 48.2 Å². The Morgan fingerprint density at radius 3 is 2.65 bits per heavy atom. The van der Waals surface area contributed by atoms with Crippen LogP contribution in [0.1, 0.15) is 5.56 Å². The van der Waals surface area contributed by atoms with Crippen molar-refractivity contribution in [3.8, 4) is 0 Å². The molecule has 0 saturated carbocycles. The molecule has 0 fully saturated rings. The Hall–Kier alpha value is -0.100. The maximum Gasteiger partial charge on any atom is 0.125 e. The highest BCUT2D eigenvalue weighted by atomic mass is 79.9. The van der Waals surface area contributed by atoms with Gasteiger partial charge in [0, 0.05) is 11.0 Å². The Bertz CT molecular complexity index is 521. The van der Waals surface area contributed by atoms with Gasteiger partial charge in [-0.05, 0) is 61.0 Å². The van der Waals surface area contributed by atoms with E-state index in [-0.39, 0.29) is 5.82 Å². The predicted octanol–water partition coefficient (Wildman–Crippen LogP) is 5.68. The molecule has 1 N–H and O–H groups in total. The molecule has 2 aromatic rings. The number of nitrogens with one attached hydrogen (secondary N) is 1. The van der Waals surface area contributed by atoms with Crippen molar-refractivity contribution < 1.29 is 4.39 Å². The zero-order chi connectivity index (χ0) is 12.4. The summed E-state index contributed by atoms with van der Waals surface area (Å²) < 4.78 is 14.7. The van der Waals surface area contributed by atoms with Crippen molar-refractivity contribution in [2.45, 2.75) is 6.54 Å². The van der Waals surface area contributed by atoms with Gasteiger partial charge < -0.3 is 5.32 Å². The first-order chi connectivity index (χ1) is 8.06. The van der Waals surface area contributed by atoms with Crippen molar-refractivity contribution >= 4 is 60.5 Å². The fourth-order valence-electron chi connectivity index (χ4n) is 1.34. The minimum Gasteiger partial charge on any atom is -0.379 e. The van der Waals surface area contributed by atoms with Gasteiger partial charge in [-0.3, -0.25) is 0 Å². The summed E-state index contributed by atoms with van der Waals surface area (Å²) in [6.07, 6.45) is 0. The van der Waals surface area contributed by atoms with Crippen LogP contribution in [0.4, 0.5) is 10.1 Å². The molecule has 0 spiro atoms. The van der Waals surface area contributed by atoms with Crippen LogP contribution in [0.2, 0.25) is 5.02 Å². The highest BCUT2D eigenvalue weighted by Crippen LogP contribution is 2.32. The van der Waals surface area contributed by atoms with Gasteiger partial charge >= 0.3 is 0 Å². The molecule has 1 nitrogen and oxygen atoms in total. The summed E-state index contributed by atoms with van der Waals surface area (Å²) in [5.41, 5.74) is 1.85. The maximum absolute atomic E-state index is 13.0. The van der Waals surface area contributed by atoms with Gasteiger partial charge in [0.2, 0.25) is 0 Å². The van der Waals surface area contributed by atoms with Crippen LogP contribution in [-0.2, 0) is 6.54 Å². The molecule has 0 radical (unpaired) electrons. The molecule has 0 bridgehead atoms. The molecule has 17 heavy (non-hydrogen) atoms. The molecular weight excluding hydrogens is 392 g/mol. The second-order valence-corrected chi connectivity index (χ2v) is 6.91. The van der Waals surface area contributed by atoms with Crippen molar-refractivity contribution in [2.75, 3.05) is 5.32 Å². The zero-order valence-corrected chi connectivity index (χ0v) is 13.2. The molecule has 0 atom stereocenters. The first-order valence-electron chi connectivity index (χ1n) is 4.67. The minimum absolute atomic E-state index is 0.356. The highest BCUT2D eigenvalue weighted by molar-refractivity contribution is 9.11. The lowest BCUT2D eigenvalue weighted by Crippen LogP contribution is -2.00. The van der Waals surface area contributed by atoms with Gasteiger partial charge in [-0.25, -0.2) is 4.39 Å². The van der Waals surface area contributed by atoms with E-state index in [1.54, 1.807) is 11.3 Å². The van der Waals surface area contributed by atoms with Crippen LogP contribution in [0.3, 0.4) is 0 Å². The van der Waals surface area contributed by atoms with Crippen LogP contribution in [0.15, 0.2) is 31.8 Å². The van der Waals surface area contributed by atoms with Crippen molar-refractivity contribution in [2.24, 2.45) is 0 Å². The highest BCUT2D eigenvalue weighted by Gasteiger charge is 2.08. The SMILES string of the molecule is Fc1cc(Cl)c(NCc2csc(Br)c2)c(Br)c1. The monoisotopic (exact) mass is 397 g/mol. The molecule has 0 aliphatic carbocycles. The fourth-order valence-corrected chi connectivity index (χ4v) is 3.51. The molecule has 0 unspecified atom stereocenters. The largest absolute Gasteiger partial charge is 0.379 e. The topological polar surface area (TPSA) is 12.0 Å². The van der Waals surface area contributed by atoms with Crippen molar-refractivity contribution in [1.29, 1.82) is 0 Å². The number of hydrogen-bond donors (Lipinski definition) is 1. The average molecular weight is 400 g/mol. The number of thiophene rings is 1. The molecule has 2 rings (SSSR count). The van der Waals surface area contributed by atoms with E-state index >= 15 is 0 Å².